The lowest BCUT2D eigenvalue weighted by Gasteiger charge is -2.11. The van der Waals surface area contributed by atoms with E-state index in [1.54, 1.807) is 6.92 Å². The number of halogens is 2. The molecule has 1 fully saturated rings. The largest absolute Gasteiger partial charge is 0.300 e. The van der Waals surface area contributed by atoms with Gasteiger partial charge in [0.15, 0.2) is 0 Å². The lowest BCUT2D eigenvalue weighted by molar-refractivity contribution is -0.119. The average molecular weight is 311 g/mol. The first-order valence-electron chi connectivity index (χ1n) is 7.10. The van der Waals surface area contributed by atoms with E-state index in [1.165, 1.54) is 0 Å². The maximum Gasteiger partial charge on any atom is 0.134 e. The molecule has 1 aliphatic carbocycles. The molecule has 1 aromatic rings. The van der Waals surface area contributed by atoms with Gasteiger partial charge in [-0.2, -0.15) is 0 Å². The monoisotopic (exact) mass is 310 g/mol. The fourth-order valence-electron chi connectivity index (χ4n) is 3.47. The van der Waals surface area contributed by atoms with Crippen LogP contribution in [0.15, 0.2) is 30.3 Å². The minimum Gasteiger partial charge on any atom is -0.300 e. The smallest absolute Gasteiger partial charge is 0.134 e. The molecule has 0 aliphatic heterocycles. The first kappa shape index (κ1) is 15.6. The molecule has 0 heterocycles. The molecule has 0 radical (unpaired) electrons. The molecular weight excluding hydrogens is 291 g/mol. The Hall–Kier alpha value is -0.790. The Balaban J connectivity index is 2.26. The van der Waals surface area contributed by atoms with E-state index in [0.717, 1.165) is 18.4 Å². The molecule has 0 bridgehead atoms. The Bertz CT molecular complexity index is 526. The number of carbonyl (C=O) groups is 1. The van der Waals surface area contributed by atoms with Crippen molar-refractivity contribution in [3.05, 3.63) is 40.9 Å². The van der Waals surface area contributed by atoms with E-state index in [-0.39, 0.29) is 23.0 Å². The van der Waals surface area contributed by atoms with Crippen molar-refractivity contribution in [2.75, 3.05) is 0 Å². The summed E-state index contributed by atoms with van der Waals surface area (Å²) in [7, 11) is 0. The Morgan fingerprint density at radius 3 is 2.20 bits per heavy atom. The van der Waals surface area contributed by atoms with Crippen molar-refractivity contribution in [3.63, 3.8) is 0 Å². The van der Waals surface area contributed by atoms with Crippen molar-refractivity contribution < 1.29 is 4.79 Å². The highest BCUT2D eigenvalue weighted by Gasteiger charge is 2.62. The van der Waals surface area contributed by atoms with Crippen LogP contribution in [0, 0.1) is 17.3 Å². The van der Waals surface area contributed by atoms with Gasteiger partial charge < -0.3 is 0 Å². The number of benzene rings is 1. The van der Waals surface area contributed by atoms with Gasteiger partial charge in [-0.3, -0.25) is 4.79 Å². The van der Waals surface area contributed by atoms with Gasteiger partial charge in [-0.15, -0.1) is 0 Å². The van der Waals surface area contributed by atoms with Crippen molar-refractivity contribution in [2.24, 2.45) is 17.3 Å². The SMILES string of the molecule is CCC1(CC)C(/C=C(\Cl)c2ccc(Cl)cc2)C1C(C)=O. The normalized spacial score (nSPS) is 24.6. The lowest BCUT2D eigenvalue weighted by Crippen LogP contribution is -2.06. The van der Waals surface area contributed by atoms with Crippen LogP contribution in [-0.4, -0.2) is 5.78 Å². The molecule has 0 saturated heterocycles. The quantitative estimate of drug-likeness (QED) is 0.695. The molecule has 2 rings (SSSR count). The van der Waals surface area contributed by atoms with E-state index in [0.29, 0.717) is 10.1 Å². The summed E-state index contributed by atoms with van der Waals surface area (Å²) in [6, 6.07) is 7.47. The zero-order valence-electron chi connectivity index (χ0n) is 12.1. The summed E-state index contributed by atoms with van der Waals surface area (Å²) >= 11 is 12.3. The molecule has 1 aliphatic rings. The van der Waals surface area contributed by atoms with Gasteiger partial charge in [0.1, 0.15) is 5.78 Å². The van der Waals surface area contributed by atoms with E-state index >= 15 is 0 Å². The van der Waals surface area contributed by atoms with Crippen LogP contribution < -0.4 is 0 Å². The van der Waals surface area contributed by atoms with Crippen molar-refractivity contribution >= 4 is 34.0 Å². The molecule has 3 heteroatoms. The van der Waals surface area contributed by atoms with Gasteiger partial charge in [0.25, 0.3) is 0 Å². The molecule has 108 valence electrons. The van der Waals surface area contributed by atoms with Gasteiger partial charge in [0.05, 0.1) is 0 Å². The minimum absolute atomic E-state index is 0.110. The molecule has 1 nitrogen and oxygen atoms in total. The van der Waals surface area contributed by atoms with Crippen LogP contribution in [0.1, 0.15) is 39.2 Å². The molecule has 0 amide bonds. The molecule has 0 aromatic heterocycles. The summed E-state index contributed by atoms with van der Waals surface area (Å²) in [5.74, 6) is 0.659. The van der Waals surface area contributed by atoms with Crippen LogP contribution in [0.4, 0.5) is 0 Å². The van der Waals surface area contributed by atoms with Crippen LogP contribution in [-0.2, 0) is 4.79 Å². The number of carbonyl (C=O) groups excluding carboxylic acids is 1. The standard InChI is InChI=1S/C17H20Cl2O/c1-4-17(5-2)14(16(17)11(3)20)10-15(19)12-6-8-13(18)9-7-12/h6-10,14,16H,4-5H2,1-3H3/b15-10-. The van der Waals surface area contributed by atoms with E-state index in [4.69, 9.17) is 23.2 Å². The third kappa shape index (κ3) is 2.66. The highest BCUT2D eigenvalue weighted by Crippen LogP contribution is 2.64. The highest BCUT2D eigenvalue weighted by atomic mass is 35.5. The lowest BCUT2D eigenvalue weighted by atomic mass is 9.94. The first-order chi connectivity index (χ1) is 9.46. The second-order valence-corrected chi connectivity index (χ2v) is 6.42. The number of ketones is 1. The molecule has 0 spiro atoms. The zero-order valence-corrected chi connectivity index (χ0v) is 13.6. The molecule has 2 atom stereocenters. The number of rotatable bonds is 5. The van der Waals surface area contributed by atoms with Crippen LogP contribution >= 0.6 is 23.2 Å². The van der Waals surface area contributed by atoms with E-state index in [9.17, 15) is 4.79 Å². The van der Waals surface area contributed by atoms with Crippen LogP contribution in [0.5, 0.6) is 0 Å². The van der Waals surface area contributed by atoms with Crippen LogP contribution in [0.3, 0.4) is 0 Å². The first-order valence-corrected chi connectivity index (χ1v) is 7.85. The van der Waals surface area contributed by atoms with Crippen LogP contribution in [0.2, 0.25) is 5.02 Å². The van der Waals surface area contributed by atoms with E-state index in [1.807, 2.05) is 24.3 Å². The number of Topliss-reactive ketones (excluding diaryl/α,β-unsaturated/α-hetero) is 1. The van der Waals surface area contributed by atoms with Crippen molar-refractivity contribution in [1.29, 1.82) is 0 Å². The number of hydrogen-bond acceptors (Lipinski definition) is 1. The molecule has 1 saturated carbocycles. The van der Waals surface area contributed by atoms with Crippen molar-refractivity contribution in [2.45, 2.75) is 33.6 Å². The Morgan fingerprint density at radius 2 is 1.80 bits per heavy atom. The Morgan fingerprint density at radius 1 is 1.25 bits per heavy atom. The summed E-state index contributed by atoms with van der Waals surface area (Å²) < 4.78 is 0. The fraction of sp³-hybridized carbons (Fsp3) is 0.471. The summed E-state index contributed by atoms with van der Waals surface area (Å²) in [6.45, 7) is 6.00. The maximum absolute atomic E-state index is 11.8. The summed E-state index contributed by atoms with van der Waals surface area (Å²) in [5, 5.41) is 1.41. The predicted octanol–water partition coefficient (Wildman–Crippen LogP) is 5.56. The van der Waals surface area contributed by atoms with Gasteiger partial charge in [0, 0.05) is 16.0 Å². The van der Waals surface area contributed by atoms with E-state index < -0.39 is 0 Å². The summed E-state index contributed by atoms with van der Waals surface area (Å²) in [4.78, 5) is 11.8. The topological polar surface area (TPSA) is 17.1 Å². The third-order valence-electron chi connectivity index (χ3n) is 4.73. The molecule has 20 heavy (non-hydrogen) atoms. The van der Waals surface area contributed by atoms with Gasteiger partial charge in [-0.25, -0.2) is 0 Å². The summed E-state index contributed by atoms with van der Waals surface area (Å²) in [6.07, 6.45) is 4.09. The number of hydrogen-bond donors (Lipinski definition) is 0. The van der Waals surface area contributed by atoms with Crippen LogP contribution in [0.25, 0.3) is 5.03 Å². The van der Waals surface area contributed by atoms with Crippen molar-refractivity contribution in [1.82, 2.24) is 0 Å². The van der Waals surface area contributed by atoms with Crippen molar-refractivity contribution in [3.8, 4) is 0 Å². The van der Waals surface area contributed by atoms with Gasteiger partial charge in [-0.1, -0.05) is 55.3 Å². The minimum atomic E-state index is 0.110. The fourth-order valence-corrected chi connectivity index (χ4v) is 3.86. The van der Waals surface area contributed by atoms with E-state index in [2.05, 4.69) is 19.9 Å². The predicted molar refractivity (Wildman–Crippen MR) is 86.0 cm³/mol. The van der Waals surface area contributed by atoms with Gasteiger partial charge in [-0.05, 0) is 48.8 Å². The zero-order chi connectivity index (χ0) is 14.9. The third-order valence-corrected chi connectivity index (χ3v) is 5.33. The van der Waals surface area contributed by atoms with Gasteiger partial charge >= 0.3 is 0 Å². The van der Waals surface area contributed by atoms with Gasteiger partial charge in [0.2, 0.25) is 0 Å². The second kappa shape index (κ2) is 5.91. The maximum atomic E-state index is 11.8. The Kier molecular flexibility index (Phi) is 4.61. The molecule has 1 aromatic carbocycles. The highest BCUT2D eigenvalue weighted by molar-refractivity contribution is 6.48. The average Bonchev–Trinajstić information content (AvgIpc) is 3.07. The second-order valence-electron chi connectivity index (χ2n) is 5.58. The molecule has 0 N–H and O–H groups in total. The Labute approximate surface area is 131 Å². The number of allylic oxidation sites excluding steroid dienone is 1. The summed E-state index contributed by atoms with van der Waals surface area (Å²) in [5.41, 5.74) is 1.06. The molecular formula is C17H20Cl2O. The molecule has 2 unspecified atom stereocenters.